The lowest BCUT2D eigenvalue weighted by atomic mass is 10.1. The third-order valence-corrected chi connectivity index (χ3v) is 4.43. The fourth-order valence-electron chi connectivity index (χ4n) is 3.01. The molecule has 1 aliphatic heterocycles. The van der Waals surface area contributed by atoms with Gasteiger partial charge in [0.25, 0.3) is 0 Å². The molecule has 2 aromatic rings. The Morgan fingerprint density at radius 1 is 1.38 bits per heavy atom. The van der Waals surface area contributed by atoms with Crippen molar-refractivity contribution in [2.75, 3.05) is 19.7 Å². The van der Waals surface area contributed by atoms with E-state index in [1.54, 1.807) is 0 Å². The Bertz CT molecular complexity index is 664. The van der Waals surface area contributed by atoms with Crippen molar-refractivity contribution < 1.29 is 9.53 Å². The zero-order chi connectivity index (χ0) is 16.9. The number of nitrogens with one attached hydrogen (secondary N) is 2. The first-order valence-corrected chi connectivity index (χ1v) is 8.32. The number of nitrogens with zero attached hydrogens (tertiary/aromatic N) is 2. The van der Waals surface area contributed by atoms with E-state index in [0.717, 1.165) is 23.4 Å². The summed E-state index contributed by atoms with van der Waals surface area (Å²) in [6.45, 7) is 6.22. The maximum absolute atomic E-state index is 12.4. The fourth-order valence-corrected chi connectivity index (χ4v) is 3.01. The Hall–Kier alpha value is -2.34. The molecule has 2 N–H and O–H groups in total. The quantitative estimate of drug-likeness (QED) is 0.904. The Morgan fingerprint density at radius 3 is 2.88 bits per heavy atom. The number of aromatic amines is 1. The van der Waals surface area contributed by atoms with Crippen LogP contribution in [0.1, 0.15) is 22.5 Å². The highest BCUT2D eigenvalue weighted by molar-refractivity contribution is 5.74. The van der Waals surface area contributed by atoms with Crippen molar-refractivity contribution in [2.45, 2.75) is 32.9 Å². The van der Waals surface area contributed by atoms with Gasteiger partial charge in [-0.2, -0.15) is 5.10 Å². The molecule has 0 spiro atoms. The summed E-state index contributed by atoms with van der Waals surface area (Å²) in [6, 6.07) is 10.2. The third-order valence-electron chi connectivity index (χ3n) is 4.43. The second-order valence-corrected chi connectivity index (χ2v) is 6.20. The molecule has 1 fully saturated rings. The number of urea groups is 1. The molecule has 128 valence electrons. The average molecular weight is 328 g/mol. The van der Waals surface area contributed by atoms with Crippen LogP contribution in [0.5, 0.6) is 0 Å². The van der Waals surface area contributed by atoms with Gasteiger partial charge < -0.3 is 15.0 Å². The first-order valence-electron chi connectivity index (χ1n) is 8.32. The van der Waals surface area contributed by atoms with Gasteiger partial charge in [-0.25, -0.2) is 4.79 Å². The summed E-state index contributed by atoms with van der Waals surface area (Å²) in [6.07, 6.45) is 0.870. The summed E-state index contributed by atoms with van der Waals surface area (Å²) in [5.41, 5.74) is 4.21. The van der Waals surface area contributed by atoms with E-state index in [-0.39, 0.29) is 12.1 Å². The van der Waals surface area contributed by atoms with Crippen molar-refractivity contribution in [2.24, 2.45) is 0 Å². The molecule has 6 heteroatoms. The minimum absolute atomic E-state index is 0.0450. The highest BCUT2D eigenvalue weighted by Gasteiger charge is 2.24. The van der Waals surface area contributed by atoms with Gasteiger partial charge in [-0.3, -0.25) is 5.10 Å². The standard InChI is InChI=1S/C18H24N4O2/c1-13-17(14(2)21-20-13)11-19-18(23)22-8-9-24-16(12-22)10-15-6-4-3-5-7-15/h3-7,16H,8-12H2,1-2H3,(H,19,23)(H,20,21)/t16-/m1/s1. The topological polar surface area (TPSA) is 70.2 Å². The maximum Gasteiger partial charge on any atom is 0.317 e. The summed E-state index contributed by atoms with van der Waals surface area (Å²) >= 11 is 0. The van der Waals surface area contributed by atoms with E-state index in [2.05, 4.69) is 27.6 Å². The Labute approximate surface area is 142 Å². The van der Waals surface area contributed by atoms with Gasteiger partial charge in [0.2, 0.25) is 0 Å². The summed E-state index contributed by atoms with van der Waals surface area (Å²) in [5.74, 6) is 0. The number of benzene rings is 1. The van der Waals surface area contributed by atoms with Crippen LogP contribution in [0, 0.1) is 13.8 Å². The molecule has 6 nitrogen and oxygen atoms in total. The summed E-state index contributed by atoms with van der Waals surface area (Å²) in [5, 5.41) is 10.1. The maximum atomic E-state index is 12.4. The van der Waals surface area contributed by atoms with Crippen LogP contribution in [-0.4, -0.2) is 46.9 Å². The van der Waals surface area contributed by atoms with Gasteiger partial charge >= 0.3 is 6.03 Å². The minimum Gasteiger partial charge on any atom is -0.374 e. The smallest absolute Gasteiger partial charge is 0.317 e. The number of carbonyl (C=O) groups excluding carboxylic acids is 1. The van der Waals surface area contributed by atoms with Crippen LogP contribution in [0.25, 0.3) is 0 Å². The number of amides is 2. The van der Waals surface area contributed by atoms with Crippen molar-refractivity contribution in [3.05, 3.63) is 52.8 Å². The fraction of sp³-hybridized carbons (Fsp3) is 0.444. The second-order valence-electron chi connectivity index (χ2n) is 6.20. The van der Waals surface area contributed by atoms with Crippen LogP contribution in [0.15, 0.2) is 30.3 Å². The Kier molecular flexibility index (Phi) is 5.15. The Morgan fingerprint density at radius 2 is 2.17 bits per heavy atom. The SMILES string of the molecule is Cc1n[nH]c(C)c1CNC(=O)N1CCO[C@H](Cc2ccccc2)C1. The van der Waals surface area contributed by atoms with Crippen molar-refractivity contribution >= 4 is 6.03 Å². The summed E-state index contributed by atoms with van der Waals surface area (Å²) in [7, 11) is 0. The van der Waals surface area contributed by atoms with E-state index in [0.29, 0.717) is 26.2 Å². The van der Waals surface area contributed by atoms with E-state index in [1.165, 1.54) is 5.56 Å². The van der Waals surface area contributed by atoms with Crippen LogP contribution in [-0.2, 0) is 17.7 Å². The second kappa shape index (κ2) is 7.49. The molecule has 0 bridgehead atoms. The number of aromatic nitrogens is 2. The van der Waals surface area contributed by atoms with E-state index in [9.17, 15) is 4.79 Å². The van der Waals surface area contributed by atoms with Crippen LogP contribution < -0.4 is 5.32 Å². The molecule has 0 unspecified atom stereocenters. The van der Waals surface area contributed by atoms with Crippen molar-refractivity contribution in [1.82, 2.24) is 20.4 Å². The average Bonchev–Trinajstić information content (AvgIpc) is 2.92. The number of H-pyrrole nitrogens is 1. The van der Waals surface area contributed by atoms with E-state index in [1.807, 2.05) is 36.9 Å². The van der Waals surface area contributed by atoms with E-state index >= 15 is 0 Å². The molecule has 0 saturated carbocycles. The highest BCUT2D eigenvalue weighted by Crippen LogP contribution is 2.13. The number of morpholine rings is 1. The minimum atomic E-state index is -0.0450. The van der Waals surface area contributed by atoms with Gasteiger partial charge in [0.1, 0.15) is 0 Å². The van der Waals surface area contributed by atoms with E-state index in [4.69, 9.17) is 4.74 Å². The summed E-state index contributed by atoms with van der Waals surface area (Å²) in [4.78, 5) is 14.3. The van der Waals surface area contributed by atoms with Crippen LogP contribution in [0.2, 0.25) is 0 Å². The van der Waals surface area contributed by atoms with Gasteiger partial charge in [-0.05, 0) is 19.4 Å². The lowest BCUT2D eigenvalue weighted by molar-refractivity contribution is -0.0133. The number of hydrogen-bond acceptors (Lipinski definition) is 3. The number of hydrogen-bond donors (Lipinski definition) is 2. The Balaban J connectivity index is 1.53. The number of rotatable bonds is 4. The number of aryl methyl sites for hydroxylation is 2. The molecule has 2 heterocycles. The molecule has 1 atom stereocenters. The predicted molar refractivity (Wildman–Crippen MR) is 91.8 cm³/mol. The largest absolute Gasteiger partial charge is 0.374 e. The molecular formula is C18H24N4O2. The van der Waals surface area contributed by atoms with Gasteiger partial charge in [0.15, 0.2) is 0 Å². The third kappa shape index (κ3) is 3.94. The predicted octanol–water partition coefficient (Wildman–Crippen LogP) is 2.18. The van der Waals surface area contributed by atoms with Gasteiger partial charge in [-0.1, -0.05) is 30.3 Å². The molecular weight excluding hydrogens is 304 g/mol. The first kappa shape index (κ1) is 16.5. The molecule has 0 aliphatic carbocycles. The van der Waals surface area contributed by atoms with Gasteiger partial charge in [0.05, 0.1) is 18.4 Å². The normalized spacial score (nSPS) is 17.8. The van der Waals surface area contributed by atoms with Crippen LogP contribution >= 0.6 is 0 Å². The molecule has 1 saturated heterocycles. The van der Waals surface area contributed by atoms with E-state index < -0.39 is 0 Å². The van der Waals surface area contributed by atoms with Crippen molar-refractivity contribution in [3.8, 4) is 0 Å². The molecule has 0 radical (unpaired) electrons. The molecule has 1 aliphatic rings. The molecule has 1 aromatic carbocycles. The number of ether oxygens (including phenoxy) is 1. The zero-order valence-electron chi connectivity index (χ0n) is 14.2. The molecule has 3 rings (SSSR count). The van der Waals surface area contributed by atoms with Crippen molar-refractivity contribution in [3.63, 3.8) is 0 Å². The highest BCUT2D eigenvalue weighted by atomic mass is 16.5. The molecule has 1 aromatic heterocycles. The monoisotopic (exact) mass is 328 g/mol. The summed E-state index contributed by atoms with van der Waals surface area (Å²) < 4.78 is 5.81. The van der Waals surface area contributed by atoms with Crippen LogP contribution in [0.3, 0.4) is 0 Å². The molecule has 24 heavy (non-hydrogen) atoms. The zero-order valence-corrected chi connectivity index (χ0v) is 14.2. The van der Waals surface area contributed by atoms with Gasteiger partial charge in [0, 0.05) is 37.3 Å². The van der Waals surface area contributed by atoms with Crippen LogP contribution in [0.4, 0.5) is 4.79 Å². The molecule has 2 amide bonds. The number of carbonyl (C=O) groups is 1. The first-order chi connectivity index (χ1) is 11.6. The lowest BCUT2D eigenvalue weighted by Gasteiger charge is -2.33. The van der Waals surface area contributed by atoms with Gasteiger partial charge in [-0.15, -0.1) is 0 Å². The van der Waals surface area contributed by atoms with Crippen molar-refractivity contribution in [1.29, 1.82) is 0 Å². The lowest BCUT2D eigenvalue weighted by Crippen LogP contribution is -2.50.